The van der Waals surface area contributed by atoms with Gasteiger partial charge in [-0.15, -0.1) is 0 Å². The summed E-state index contributed by atoms with van der Waals surface area (Å²) >= 11 is 2.24. The summed E-state index contributed by atoms with van der Waals surface area (Å²) in [6.45, 7) is 0. The predicted octanol–water partition coefficient (Wildman–Crippen LogP) is 2.94. The van der Waals surface area contributed by atoms with E-state index in [-0.39, 0.29) is 0 Å². The van der Waals surface area contributed by atoms with E-state index in [4.69, 9.17) is 0 Å². The average molecular weight is 174 g/mol. The third kappa shape index (κ3) is 2.10. The van der Waals surface area contributed by atoms with E-state index in [1.54, 1.807) is 0 Å². The Labute approximate surface area is 94.2 Å². The Hall–Kier alpha value is -0.963. The van der Waals surface area contributed by atoms with E-state index in [0.717, 1.165) is 0 Å². The van der Waals surface area contributed by atoms with E-state index < -0.39 is 0 Å². The fourth-order valence-corrected chi connectivity index (χ4v) is 1.68. The van der Waals surface area contributed by atoms with Crippen LogP contribution in [0.5, 0.6) is 0 Å². The van der Waals surface area contributed by atoms with Gasteiger partial charge in [-0.05, 0) is 0 Å². The number of hydrogen-bond donors (Lipinski definition) is 0. The van der Waals surface area contributed by atoms with Crippen molar-refractivity contribution in [3.05, 3.63) is 71.8 Å². The molecule has 1 heteroatoms. The summed E-state index contributed by atoms with van der Waals surface area (Å²) in [4.78, 5) is 0. The van der Waals surface area contributed by atoms with Gasteiger partial charge in [0.2, 0.25) is 0 Å². The molecule has 0 atom stereocenters. The van der Waals surface area contributed by atoms with Crippen molar-refractivity contribution in [1.29, 1.82) is 0 Å². The molecule has 0 saturated carbocycles. The molecule has 2 aromatic rings. The molecule has 0 amide bonds. The Kier molecular flexibility index (Phi) is 3.09. The zero-order valence-electron chi connectivity index (χ0n) is 8.35. The van der Waals surface area contributed by atoms with Crippen LogP contribution in [-0.4, -0.2) is 17.7 Å². The van der Waals surface area contributed by atoms with Gasteiger partial charge in [0.25, 0.3) is 0 Å². The first-order chi connectivity index (χ1) is 6.88. The number of benzene rings is 2. The molecule has 2 rings (SSSR count). The Balaban J connectivity index is 2.30. The second-order valence-electron chi connectivity index (χ2n) is 3.54. The molecule has 0 aliphatic heterocycles. The van der Waals surface area contributed by atoms with Crippen LogP contribution in [0.25, 0.3) is 0 Å². The SMILES string of the molecule is [Li-3][CH](c1ccccc1)c1ccccc1. The molecule has 0 unspecified atom stereocenters. The van der Waals surface area contributed by atoms with Crippen LogP contribution in [0.1, 0.15) is 15.7 Å². The van der Waals surface area contributed by atoms with Crippen LogP contribution in [0, 0.1) is 0 Å². The molecular weight excluding hydrogens is 163 g/mol. The molecule has 2 aromatic carbocycles. The summed E-state index contributed by atoms with van der Waals surface area (Å²) in [6, 6.07) is 21.2. The molecule has 0 heterocycles. The van der Waals surface area contributed by atoms with Crippen LogP contribution < -0.4 is 0 Å². The van der Waals surface area contributed by atoms with Crippen molar-refractivity contribution in [2.24, 2.45) is 0 Å². The van der Waals surface area contributed by atoms with Crippen LogP contribution >= 0.6 is 0 Å². The molecule has 0 fully saturated rings. The molecule has 0 aliphatic carbocycles. The van der Waals surface area contributed by atoms with E-state index in [1.165, 1.54) is 11.1 Å². The minimum atomic E-state index is 0.484. The van der Waals surface area contributed by atoms with E-state index >= 15 is 0 Å². The van der Waals surface area contributed by atoms with Gasteiger partial charge in [0.15, 0.2) is 0 Å². The number of hydrogen-bond acceptors (Lipinski definition) is 0. The number of rotatable bonds is 2. The van der Waals surface area contributed by atoms with E-state index in [2.05, 4.69) is 78.4 Å². The zero-order valence-corrected chi connectivity index (χ0v) is 8.35. The van der Waals surface area contributed by atoms with Crippen molar-refractivity contribution in [1.82, 2.24) is 0 Å². The Morgan fingerprint density at radius 2 is 1.00 bits per heavy atom. The van der Waals surface area contributed by atoms with Gasteiger partial charge < -0.3 is 0 Å². The van der Waals surface area contributed by atoms with Gasteiger partial charge in [-0.3, -0.25) is 0 Å². The van der Waals surface area contributed by atoms with Crippen LogP contribution in [0.2, 0.25) is 0 Å². The normalized spacial score (nSPS) is 10.4. The molecule has 0 saturated heterocycles. The Morgan fingerprint density at radius 1 is 0.643 bits per heavy atom. The first kappa shape index (κ1) is 9.59. The topological polar surface area (TPSA) is 0 Å². The van der Waals surface area contributed by atoms with Crippen molar-refractivity contribution >= 4 is 17.7 Å². The third-order valence-corrected chi connectivity index (χ3v) is 2.60. The van der Waals surface area contributed by atoms with Crippen LogP contribution in [-0.2, 0) is 0 Å². The molecule has 0 aliphatic rings. The fourth-order valence-electron chi connectivity index (χ4n) is 1.68. The molecule has 3 radical (unpaired) electrons. The van der Waals surface area contributed by atoms with Crippen molar-refractivity contribution in [2.75, 3.05) is 0 Å². The van der Waals surface area contributed by atoms with Gasteiger partial charge >= 0.3 is 94.1 Å². The van der Waals surface area contributed by atoms with Gasteiger partial charge in [0.05, 0.1) is 0 Å². The fraction of sp³-hybridized carbons (Fsp3) is 0.0769. The summed E-state index contributed by atoms with van der Waals surface area (Å²) in [6.07, 6.45) is 0. The quantitative estimate of drug-likeness (QED) is 0.614. The van der Waals surface area contributed by atoms with Gasteiger partial charge in [0, 0.05) is 0 Å². The molecule has 0 bridgehead atoms. The van der Waals surface area contributed by atoms with Crippen molar-refractivity contribution in [3.8, 4) is 0 Å². The summed E-state index contributed by atoms with van der Waals surface area (Å²) in [5, 5.41) is 0. The van der Waals surface area contributed by atoms with Gasteiger partial charge in [-0.25, -0.2) is 0 Å². The summed E-state index contributed by atoms with van der Waals surface area (Å²) in [7, 11) is 0. The first-order valence-electron chi connectivity index (χ1n) is 4.98. The van der Waals surface area contributed by atoms with Crippen molar-refractivity contribution in [3.63, 3.8) is 0 Å². The first-order valence-corrected chi connectivity index (χ1v) is 4.98. The maximum atomic E-state index is 2.24. The van der Waals surface area contributed by atoms with Crippen LogP contribution in [0.3, 0.4) is 0 Å². The van der Waals surface area contributed by atoms with Gasteiger partial charge in [0.1, 0.15) is 0 Å². The molecule has 0 N–H and O–H groups in total. The molecular formula is C13H11Li-3. The van der Waals surface area contributed by atoms with E-state index in [0.29, 0.717) is 4.59 Å². The minimum absolute atomic E-state index is 0.484. The van der Waals surface area contributed by atoms with Crippen LogP contribution in [0.15, 0.2) is 60.7 Å². The molecule has 67 valence electrons. The summed E-state index contributed by atoms with van der Waals surface area (Å²) in [5.74, 6) is 0. The molecule has 0 spiro atoms. The second-order valence-corrected chi connectivity index (χ2v) is 3.54. The standard InChI is InChI=1S/C13H11.Li/c1-3-7-12(8-4-1)11-13-9-5-2-6-10-13;/h1-11H;/q;-3. The molecule has 14 heavy (non-hydrogen) atoms. The van der Waals surface area contributed by atoms with E-state index in [9.17, 15) is 0 Å². The molecule has 0 aromatic heterocycles. The zero-order chi connectivity index (χ0) is 9.80. The van der Waals surface area contributed by atoms with Gasteiger partial charge in [-0.1, -0.05) is 0 Å². The third-order valence-electron chi connectivity index (χ3n) is 2.60. The summed E-state index contributed by atoms with van der Waals surface area (Å²) < 4.78 is 0.484. The van der Waals surface area contributed by atoms with Crippen molar-refractivity contribution < 1.29 is 0 Å². The average Bonchev–Trinajstić information content (AvgIpc) is 2.30. The predicted molar refractivity (Wildman–Crippen MR) is 60.5 cm³/mol. The van der Waals surface area contributed by atoms with E-state index in [1.807, 2.05) is 0 Å². The second kappa shape index (κ2) is 4.51. The van der Waals surface area contributed by atoms with Gasteiger partial charge in [-0.2, -0.15) is 0 Å². The Morgan fingerprint density at radius 3 is 1.36 bits per heavy atom. The monoisotopic (exact) mass is 174 g/mol. The van der Waals surface area contributed by atoms with Crippen molar-refractivity contribution in [2.45, 2.75) is 4.59 Å². The maximum absolute atomic E-state index is 2.24. The summed E-state index contributed by atoms with van der Waals surface area (Å²) in [5.41, 5.74) is 2.75. The Bertz CT molecular complexity index is 341. The molecule has 0 nitrogen and oxygen atoms in total. The van der Waals surface area contributed by atoms with Crippen LogP contribution in [0.4, 0.5) is 0 Å².